The summed E-state index contributed by atoms with van der Waals surface area (Å²) in [5, 5.41) is 0.336. The fourth-order valence-corrected chi connectivity index (χ4v) is 7.03. The van der Waals surface area contributed by atoms with Crippen molar-refractivity contribution in [2.24, 2.45) is 29.6 Å². The molecule has 2 saturated carbocycles. The van der Waals surface area contributed by atoms with Gasteiger partial charge in [0.25, 0.3) is 0 Å². The van der Waals surface area contributed by atoms with E-state index >= 15 is 0 Å². The highest BCUT2D eigenvalue weighted by Crippen LogP contribution is 2.46. The summed E-state index contributed by atoms with van der Waals surface area (Å²) in [6, 6.07) is 3.99. The Kier molecular flexibility index (Phi) is 7.96. The topological polar surface area (TPSA) is 0 Å². The van der Waals surface area contributed by atoms with E-state index in [0.29, 0.717) is 5.02 Å². The summed E-state index contributed by atoms with van der Waals surface area (Å²) < 4.78 is 14.9. The second-order valence-corrected chi connectivity index (χ2v) is 10.9. The van der Waals surface area contributed by atoms with Crippen LogP contribution >= 0.6 is 11.6 Å². The van der Waals surface area contributed by atoms with Crippen molar-refractivity contribution in [1.82, 2.24) is 0 Å². The van der Waals surface area contributed by atoms with Crippen LogP contribution in [0.4, 0.5) is 4.39 Å². The number of hydrogen-bond acceptors (Lipinski definition) is 0. The van der Waals surface area contributed by atoms with Crippen molar-refractivity contribution in [2.45, 2.75) is 90.4 Å². The molecule has 4 rings (SSSR count). The second-order valence-electron chi connectivity index (χ2n) is 10.5. The molecule has 0 heterocycles. The van der Waals surface area contributed by atoms with E-state index in [2.05, 4.69) is 25.7 Å². The van der Waals surface area contributed by atoms with Gasteiger partial charge in [0, 0.05) is 5.56 Å². The van der Waals surface area contributed by atoms with E-state index in [0.717, 1.165) is 66.4 Å². The molecule has 2 heteroatoms. The Morgan fingerprint density at radius 1 is 0.935 bits per heavy atom. The lowest BCUT2D eigenvalue weighted by Gasteiger charge is -2.40. The summed E-state index contributed by atoms with van der Waals surface area (Å²) in [5.41, 5.74) is 2.85. The number of aryl methyl sites for hydroxylation is 1. The monoisotopic (exact) mass is 442 g/mol. The van der Waals surface area contributed by atoms with Crippen LogP contribution in [0.2, 0.25) is 5.02 Å². The Morgan fingerprint density at radius 3 is 2.10 bits per heavy atom. The Labute approximate surface area is 194 Å². The molecule has 170 valence electrons. The zero-order valence-electron chi connectivity index (χ0n) is 19.4. The maximum atomic E-state index is 14.9. The van der Waals surface area contributed by atoms with Gasteiger partial charge in [-0.25, -0.2) is 4.39 Å². The van der Waals surface area contributed by atoms with Gasteiger partial charge in [0.15, 0.2) is 0 Å². The van der Waals surface area contributed by atoms with Crippen molar-refractivity contribution in [3.05, 3.63) is 52.8 Å². The third-order valence-corrected chi connectivity index (χ3v) is 9.19. The normalized spacial score (nSPS) is 31.8. The number of rotatable bonds is 6. The summed E-state index contributed by atoms with van der Waals surface area (Å²) in [6.45, 7) is 6.10. The Balaban J connectivity index is 1.30. The van der Waals surface area contributed by atoms with Crippen LogP contribution in [0.15, 0.2) is 30.9 Å². The minimum absolute atomic E-state index is 0.205. The van der Waals surface area contributed by atoms with Gasteiger partial charge in [-0.2, -0.15) is 0 Å². The van der Waals surface area contributed by atoms with Gasteiger partial charge in [-0.15, -0.1) is 6.58 Å². The maximum absolute atomic E-state index is 14.9. The Morgan fingerprint density at radius 2 is 1.55 bits per heavy atom. The molecule has 0 nitrogen and oxygen atoms in total. The minimum atomic E-state index is -0.205. The quantitative estimate of drug-likeness (QED) is 0.385. The van der Waals surface area contributed by atoms with Crippen LogP contribution in [0.25, 0.3) is 5.57 Å². The molecule has 2 fully saturated rings. The van der Waals surface area contributed by atoms with Crippen molar-refractivity contribution < 1.29 is 4.39 Å². The standard InChI is InChI=1S/C29H40ClF/c1-3-5-26-18-19-27(29(31)28(26)30)25-16-14-24(15-17-25)23-12-10-22(11-13-23)21-8-6-20(4-2)7-9-21/h4,16,18-24H,2-3,5-15,17H2,1H3. The van der Waals surface area contributed by atoms with Crippen LogP contribution in [0.3, 0.4) is 0 Å². The molecule has 0 bridgehead atoms. The predicted molar refractivity (Wildman–Crippen MR) is 132 cm³/mol. The summed E-state index contributed by atoms with van der Waals surface area (Å²) in [4.78, 5) is 0. The number of allylic oxidation sites excluding steroid dienone is 3. The number of benzene rings is 1. The summed E-state index contributed by atoms with van der Waals surface area (Å²) in [5.74, 6) is 4.17. The summed E-state index contributed by atoms with van der Waals surface area (Å²) in [7, 11) is 0. The molecule has 3 aliphatic carbocycles. The predicted octanol–water partition coefficient (Wildman–Crippen LogP) is 9.41. The molecule has 0 aromatic heterocycles. The third kappa shape index (κ3) is 5.29. The number of hydrogen-bond donors (Lipinski definition) is 0. The van der Waals surface area contributed by atoms with Crippen molar-refractivity contribution in [1.29, 1.82) is 0 Å². The molecule has 0 radical (unpaired) electrons. The molecule has 0 saturated heterocycles. The van der Waals surface area contributed by atoms with E-state index in [1.165, 1.54) is 63.4 Å². The van der Waals surface area contributed by atoms with Crippen molar-refractivity contribution >= 4 is 17.2 Å². The average molecular weight is 443 g/mol. The first kappa shape index (κ1) is 23.1. The fourth-order valence-electron chi connectivity index (χ4n) is 6.77. The lowest BCUT2D eigenvalue weighted by Crippen LogP contribution is -2.28. The highest BCUT2D eigenvalue weighted by Gasteiger charge is 2.33. The van der Waals surface area contributed by atoms with Gasteiger partial charge in [0.05, 0.1) is 5.02 Å². The third-order valence-electron chi connectivity index (χ3n) is 8.78. The molecule has 0 spiro atoms. The summed E-state index contributed by atoms with van der Waals surface area (Å²) in [6.07, 6.45) is 20.9. The van der Waals surface area contributed by atoms with E-state index in [-0.39, 0.29) is 5.82 Å². The molecule has 1 atom stereocenters. The Hall–Kier alpha value is -1.08. The first-order chi connectivity index (χ1) is 15.1. The molecule has 3 aliphatic rings. The van der Waals surface area contributed by atoms with Crippen molar-refractivity contribution in [3.8, 4) is 0 Å². The van der Waals surface area contributed by atoms with Crippen molar-refractivity contribution in [3.63, 3.8) is 0 Å². The molecule has 1 unspecified atom stereocenters. The Bertz CT molecular complexity index is 778. The lowest BCUT2D eigenvalue weighted by atomic mass is 9.66. The van der Waals surface area contributed by atoms with Crippen LogP contribution in [-0.4, -0.2) is 0 Å². The molecule has 0 amide bonds. The van der Waals surface area contributed by atoms with Gasteiger partial charge in [0.1, 0.15) is 5.82 Å². The molecular formula is C29H40ClF. The zero-order chi connectivity index (χ0) is 21.8. The molecule has 1 aromatic rings. The molecular weight excluding hydrogens is 403 g/mol. The molecule has 1 aromatic carbocycles. The van der Waals surface area contributed by atoms with Gasteiger partial charge in [-0.05, 0) is 118 Å². The van der Waals surface area contributed by atoms with E-state index in [4.69, 9.17) is 11.6 Å². The van der Waals surface area contributed by atoms with Gasteiger partial charge in [-0.1, -0.05) is 49.2 Å². The molecule has 0 N–H and O–H groups in total. The highest BCUT2D eigenvalue weighted by atomic mass is 35.5. The van der Waals surface area contributed by atoms with E-state index in [9.17, 15) is 4.39 Å². The summed E-state index contributed by atoms with van der Waals surface area (Å²) >= 11 is 6.33. The lowest BCUT2D eigenvalue weighted by molar-refractivity contribution is 0.128. The van der Waals surface area contributed by atoms with Crippen molar-refractivity contribution in [2.75, 3.05) is 0 Å². The largest absolute Gasteiger partial charge is 0.205 e. The van der Waals surface area contributed by atoms with E-state index in [1.54, 1.807) is 0 Å². The van der Waals surface area contributed by atoms with Crippen LogP contribution in [0, 0.1) is 35.4 Å². The first-order valence-corrected chi connectivity index (χ1v) is 13.3. The SMILES string of the molecule is C=CC1CCC(C2CCC(C3CC=C(c4ccc(CCC)c(Cl)c4F)CC3)CC2)CC1. The van der Waals surface area contributed by atoms with Crippen LogP contribution in [0.5, 0.6) is 0 Å². The second kappa shape index (κ2) is 10.7. The molecule has 31 heavy (non-hydrogen) atoms. The van der Waals surface area contributed by atoms with Crippen LogP contribution < -0.4 is 0 Å². The maximum Gasteiger partial charge on any atom is 0.149 e. The minimum Gasteiger partial charge on any atom is -0.205 e. The van der Waals surface area contributed by atoms with Crippen LogP contribution in [-0.2, 0) is 6.42 Å². The molecule has 0 aliphatic heterocycles. The zero-order valence-corrected chi connectivity index (χ0v) is 20.1. The van der Waals surface area contributed by atoms with E-state index < -0.39 is 0 Å². The van der Waals surface area contributed by atoms with E-state index in [1.807, 2.05) is 12.1 Å². The van der Waals surface area contributed by atoms with Gasteiger partial charge in [-0.3, -0.25) is 0 Å². The average Bonchev–Trinajstić information content (AvgIpc) is 2.83. The highest BCUT2D eigenvalue weighted by molar-refractivity contribution is 6.31. The number of halogens is 2. The first-order valence-electron chi connectivity index (χ1n) is 12.9. The van der Waals surface area contributed by atoms with Gasteiger partial charge >= 0.3 is 0 Å². The van der Waals surface area contributed by atoms with Gasteiger partial charge in [0.2, 0.25) is 0 Å². The smallest absolute Gasteiger partial charge is 0.149 e. The van der Waals surface area contributed by atoms with Crippen LogP contribution in [0.1, 0.15) is 95.1 Å². The fraction of sp³-hybridized carbons (Fsp3) is 0.655. The van der Waals surface area contributed by atoms with Gasteiger partial charge < -0.3 is 0 Å².